The zero-order valence-corrected chi connectivity index (χ0v) is 18.1. The third-order valence-corrected chi connectivity index (χ3v) is 5.09. The van der Waals surface area contributed by atoms with Crippen LogP contribution in [0.25, 0.3) is 11.1 Å². The molecule has 0 aliphatic rings. The van der Waals surface area contributed by atoms with E-state index >= 15 is 0 Å². The Hall–Kier alpha value is -4.05. The van der Waals surface area contributed by atoms with E-state index in [1.165, 1.54) is 10.9 Å². The number of nitrogens with zero attached hydrogens (tertiary/aromatic N) is 5. The van der Waals surface area contributed by atoms with Crippen molar-refractivity contribution in [3.8, 4) is 11.1 Å². The van der Waals surface area contributed by atoms with Crippen molar-refractivity contribution >= 4 is 23.7 Å². The Morgan fingerprint density at radius 3 is 2.53 bits per heavy atom. The van der Waals surface area contributed by atoms with E-state index in [0.29, 0.717) is 17.4 Å². The molecule has 7 nitrogen and oxygen atoms in total. The molecule has 2 aromatic carbocycles. The van der Waals surface area contributed by atoms with Gasteiger partial charge in [0.2, 0.25) is 0 Å². The molecule has 4 rings (SSSR count). The Kier molecular flexibility index (Phi) is 6.69. The van der Waals surface area contributed by atoms with Crippen molar-refractivity contribution in [1.82, 2.24) is 25.4 Å². The molecule has 1 N–H and O–H groups in total. The third-order valence-electron chi connectivity index (χ3n) is 4.74. The van der Waals surface area contributed by atoms with Gasteiger partial charge in [0, 0.05) is 22.9 Å². The van der Waals surface area contributed by atoms with Crippen LogP contribution < -0.4 is 5.43 Å². The highest BCUT2D eigenvalue weighted by Crippen LogP contribution is 2.29. The molecule has 4 aromatic rings. The predicted octanol–water partition coefficient (Wildman–Crippen LogP) is 4.82. The topological polar surface area (TPSA) is 85.1 Å². The summed E-state index contributed by atoms with van der Waals surface area (Å²) in [6.07, 6.45) is 0.0904. The number of benzene rings is 2. The maximum absolute atomic E-state index is 12.6. The fraction of sp³-hybridized carbons (Fsp3) is 0.0870. The molecule has 0 radical (unpaired) electrons. The van der Waals surface area contributed by atoms with Crippen molar-refractivity contribution < 1.29 is 18.0 Å². The number of aromatic nitrogens is 4. The molecule has 0 saturated heterocycles. The number of carbonyl (C=O) groups excluding carboxylic acids is 1. The van der Waals surface area contributed by atoms with Crippen molar-refractivity contribution in [1.29, 1.82) is 0 Å². The standard InChI is InChI=1S/C23H16ClF3N6O/c24-21-18(10-17(11-28-21)15-4-2-1-3-5-15)13-33-14-20(30-32-33)12-29-31-22(34)16-6-8-19(9-7-16)23(25,26)27/h1-12,14H,13H2,(H,31,34)/b29-12+. The quantitative estimate of drug-likeness (QED) is 0.241. The van der Waals surface area contributed by atoms with E-state index < -0.39 is 17.6 Å². The average Bonchev–Trinajstić information content (AvgIpc) is 3.27. The van der Waals surface area contributed by atoms with Crippen LogP contribution in [0.5, 0.6) is 0 Å². The lowest BCUT2D eigenvalue weighted by Gasteiger charge is -2.07. The van der Waals surface area contributed by atoms with Gasteiger partial charge in [-0.2, -0.15) is 18.3 Å². The van der Waals surface area contributed by atoms with Gasteiger partial charge in [-0.3, -0.25) is 4.79 Å². The minimum Gasteiger partial charge on any atom is -0.267 e. The molecule has 0 atom stereocenters. The zero-order valence-electron chi connectivity index (χ0n) is 17.4. The maximum atomic E-state index is 12.6. The minimum atomic E-state index is -4.47. The van der Waals surface area contributed by atoms with E-state index in [1.54, 1.807) is 12.4 Å². The fourth-order valence-electron chi connectivity index (χ4n) is 3.05. The van der Waals surface area contributed by atoms with Crippen molar-refractivity contribution in [2.24, 2.45) is 5.10 Å². The van der Waals surface area contributed by atoms with Gasteiger partial charge < -0.3 is 0 Å². The monoisotopic (exact) mass is 484 g/mol. The first-order chi connectivity index (χ1) is 16.3. The van der Waals surface area contributed by atoms with Crippen LogP contribution in [-0.4, -0.2) is 32.1 Å². The van der Waals surface area contributed by atoms with Gasteiger partial charge in [0.15, 0.2) is 0 Å². The molecule has 0 saturated carbocycles. The number of alkyl halides is 3. The molecule has 34 heavy (non-hydrogen) atoms. The van der Waals surface area contributed by atoms with Crippen LogP contribution in [0.3, 0.4) is 0 Å². The van der Waals surface area contributed by atoms with Crippen LogP contribution in [0.1, 0.15) is 27.2 Å². The number of rotatable bonds is 6. The molecule has 0 unspecified atom stereocenters. The molecular formula is C23H16ClF3N6O. The summed E-state index contributed by atoms with van der Waals surface area (Å²) in [4.78, 5) is 16.3. The Morgan fingerprint density at radius 2 is 1.82 bits per heavy atom. The number of hydrazone groups is 1. The summed E-state index contributed by atoms with van der Waals surface area (Å²) in [6, 6.07) is 15.5. The highest BCUT2D eigenvalue weighted by molar-refractivity contribution is 6.30. The molecule has 11 heteroatoms. The van der Waals surface area contributed by atoms with Gasteiger partial charge in [0.25, 0.3) is 5.91 Å². The van der Waals surface area contributed by atoms with E-state index in [0.717, 1.165) is 41.0 Å². The molecule has 0 aliphatic carbocycles. The molecule has 1 amide bonds. The fourth-order valence-corrected chi connectivity index (χ4v) is 3.21. The van der Waals surface area contributed by atoms with Crippen molar-refractivity contribution in [2.75, 3.05) is 0 Å². The van der Waals surface area contributed by atoms with Crippen LogP contribution in [0.2, 0.25) is 5.15 Å². The highest BCUT2D eigenvalue weighted by Gasteiger charge is 2.30. The molecule has 172 valence electrons. The number of pyridine rings is 1. The highest BCUT2D eigenvalue weighted by atomic mass is 35.5. The van der Waals surface area contributed by atoms with Crippen LogP contribution in [0.15, 0.2) is 78.2 Å². The second-order valence-electron chi connectivity index (χ2n) is 7.16. The Labute approximate surface area is 196 Å². The first-order valence-corrected chi connectivity index (χ1v) is 10.3. The summed E-state index contributed by atoms with van der Waals surface area (Å²) in [5.41, 5.74) is 4.45. The zero-order chi connectivity index (χ0) is 24.1. The second kappa shape index (κ2) is 9.84. The number of amides is 1. The van der Waals surface area contributed by atoms with Gasteiger partial charge in [-0.05, 0) is 35.9 Å². The number of hydrogen-bond acceptors (Lipinski definition) is 5. The molecular weight excluding hydrogens is 469 g/mol. The van der Waals surface area contributed by atoms with E-state index in [1.807, 2.05) is 36.4 Å². The normalized spacial score (nSPS) is 11.6. The molecule has 0 spiro atoms. The summed E-state index contributed by atoms with van der Waals surface area (Å²) < 4.78 is 39.4. The van der Waals surface area contributed by atoms with Gasteiger partial charge in [-0.25, -0.2) is 15.1 Å². The molecule has 0 bridgehead atoms. The van der Waals surface area contributed by atoms with Crippen LogP contribution in [0, 0.1) is 0 Å². The number of halogens is 4. The predicted molar refractivity (Wildman–Crippen MR) is 120 cm³/mol. The smallest absolute Gasteiger partial charge is 0.267 e. The van der Waals surface area contributed by atoms with Crippen molar-refractivity contribution in [3.05, 3.63) is 101 Å². The lowest BCUT2D eigenvalue weighted by Crippen LogP contribution is -2.18. The summed E-state index contributed by atoms with van der Waals surface area (Å²) in [7, 11) is 0. The van der Waals surface area contributed by atoms with Gasteiger partial charge in [-0.15, -0.1) is 5.10 Å². The summed E-state index contributed by atoms with van der Waals surface area (Å²) >= 11 is 6.24. The van der Waals surface area contributed by atoms with Crippen LogP contribution in [-0.2, 0) is 12.7 Å². The van der Waals surface area contributed by atoms with Crippen LogP contribution >= 0.6 is 11.6 Å². The number of nitrogens with one attached hydrogen (secondary N) is 1. The number of carbonyl (C=O) groups is 1. The largest absolute Gasteiger partial charge is 0.416 e. The van der Waals surface area contributed by atoms with E-state index in [9.17, 15) is 18.0 Å². The van der Waals surface area contributed by atoms with E-state index in [2.05, 4.69) is 25.8 Å². The number of hydrogen-bond donors (Lipinski definition) is 1. The SMILES string of the molecule is O=C(N/N=C/c1cn(Cc2cc(-c3ccccc3)cnc2Cl)nn1)c1ccc(C(F)(F)F)cc1. The summed E-state index contributed by atoms with van der Waals surface area (Å²) in [6.45, 7) is 0.311. The van der Waals surface area contributed by atoms with Crippen LogP contribution in [0.4, 0.5) is 13.2 Å². The third kappa shape index (κ3) is 5.65. The summed E-state index contributed by atoms with van der Waals surface area (Å²) in [5, 5.41) is 12.1. The van der Waals surface area contributed by atoms with Crippen molar-refractivity contribution in [3.63, 3.8) is 0 Å². The Morgan fingerprint density at radius 1 is 1.09 bits per heavy atom. The lowest BCUT2D eigenvalue weighted by atomic mass is 10.1. The van der Waals surface area contributed by atoms with E-state index in [-0.39, 0.29) is 5.56 Å². The maximum Gasteiger partial charge on any atom is 0.416 e. The summed E-state index contributed by atoms with van der Waals surface area (Å²) in [5.74, 6) is -0.659. The molecule has 0 aliphatic heterocycles. The minimum absolute atomic E-state index is 0.0363. The molecule has 2 heterocycles. The first-order valence-electron chi connectivity index (χ1n) is 9.90. The van der Waals surface area contributed by atoms with Gasteiger partial charge in [0.05, 0.1) is 24.5 Å². The van der Waals surface area contributed by atoms with Gasteiger partial charge in [0.1, 0.15) is 10.8 Å². The second-order valence-corrected chi connectivity index (χ2v) is 7.51. The van der Waals surface area contributed by atoms with E-state index in [4.69, 9.17) is 11.6 Å². The average molecular weight is 485 g/mol. The van der Waals surface area contributed by atoms with Gasteiger partial charge in [-0.1, -0.05) is 47.1 Å². The lowest BCUT2D eigenvalue weighted by molar-refractivity contribution is -0.137. The Balaban J connectivity index is 1.39. The first kappa shape index (κ1) is 23.1. The van der Waals surface area contributed by atoms with Gasteiger partial charge >= 0.3 is 6.18 Å². The van der Waals surface area contributed by atoms with Crippen molar-refractivity contribution in [2.45, 2.75) is 12.7 Å². The molecule has 2 aromatic heterocycles. The molecule has 0 fully saturated rings. The Bertz CT molecular complexity index is 1320.